The van der Waals surface area contributed by atoms with E-state index >= 15 is 0 Å². The molecule has 94 valence electrons. The average Bonchev–Trinajstić information content (AvgIpc) is 2.30. The largest absolute Gasteiger partial charge is 0.305 e. The molecule has 5 heteroatoms. The molecule has 0 spiro atoms. The van der Waals surface area contributed by atoms with Crippen molar-refractivity contribution in [2.24, 2.45) is 5.92 Å². The second-order valence-electron chi connectivity index (χ2n) is 4.11. The molecule has 0 N–H and O–H groups in total. The number of benzene rings is 1. The summed E-state index contributed by atoms with van der Waals surface area (Å²) in [5, 5.41) is 10.6. The standard InChI is InChI=1S/C12H15BrFNO2/c1-3-10(13)8(2)7-9-5-4-6-11(12(9)14)15(16)17/h4-6,8,10H,3,7H2,1-2H3. The van der Waals surface area contributed by atoms with Crippen LogP contribution in [0.1, 0.15) is 25.8 Å². The van der Waals surface area contributed by atoms with Gasteiger partial charge in [-0.15, -0.1) is 0 Å². The lowest BCUT2D eigenvalue weighted by molar-refractivity contribution is -0.387. The van der Waals surface area contributed by atoms with Gasteiger partial charge in [0.2, 0.25) is 5.82 Å². The van der Waals surface area contributed by atoms with E-state index in [4.69, 9.17) is 0 Å². The zero-order valence-electron chi connectivity index (χ0n) is 9.82. The van der Waals surface area contributed by atoms with Gasteiger partial charge in [0.25, 0.3) is 0 Å². The van der Waals surface area contributed by atoms with Gasteiger partial charge in [-0.3, -0.25) is 10.1 Å². The van der Waals surface area contributed by atoms with Gasteiger partial charge in [-0.25, -0.2) is 0 Å². The molecule has 1 aromatic carbocycles. The topological polar surface area (TPSA) is 43.1 Å². The van der Waals surface area contributed by atoms with Crippen LogP contribution in [0.5, 0.6) is 0 Å². The highest BCUT2D eigenvalue weighted by molar-refractivity contribution is 9.09. The van der Waals surface area contributed by atoms with Crippen LogP contribution in [0.3, 0.4) is 0 Å². The van der Waals surface area contributed by atoms with Crippen LogP contribution in [0, 0.1) is 21.8 Å². The van der Waals surface area contributed by atoms with E-state index in [1.54, 1.807) is 6.07 Å². The number of nitro benzene ring substituents is 1. The van der Waals surface area contributed by atoms with Crippen molar-refractivity contribution in [3.8, 4) is 0 Å². The third-order valence-electron chi connectivity index (χ3n) is 2.80. The Morgan fingerprint density at radius 2 is 2.18 bits per heavy atom. The molecular formula is C12H15BrFNO2. The fourth-order valence-electron chi connectivity index (χ4n) is 1.74. The van der Waals surface area contributed by atoms with Crippen LogP contribution in [0.15, 0.2) is 18.2 Å². The number of alkyl halides is 1. The fraction of sp³-hybridized carbons (Fsp3) is 0.500. The highest BCUT2D eigenvalue weighted by Gasteiger charge is 2.20. The molecule has 1 rings (SSSR count). The summed E-state index contributed by atoms with van der Waals surface area (Å²) in [5.41, 5.74) is -0.0399. The Labute approximate surface area is 108 Å². The minimum atomic E-state index is -0.708. The summed E-state index contributed by atoms with van der Waals surface area (Å²) in [5.74, 6) is -0.475. The Morgan fingerprint density at radius 1 is 1.53 bits per heavy atom. The zero-order valence-corrected chi connectivity index (χ0v) is 11.4. The Morgan fingerprint density at radius 3 is 2.71 bits per heavy atom. The van der Waals surface area contributed by atoms with E-state index in [2.05, 4.69) is 15.9 Å². The maximum Gasteiger partial charge on any atom is 0.305 e. The molecule has 0 aliphatic carbocycles. The van der Waals surface area contributed by atoms with Gasteiger partial charge in [0, 0.05) is 10.9 Å². The average molecular weight is 304 g/mol. The Balaban J connectivity index is 2.92. The molecule has 3 nitrogen and oxygen atoms in total. The summed E-state index contributed by atoms with van der Waals surface area (Å²) in [4.78, 5) is 10.2. The van der Waals surface area contributed by atoms with Crippen LogP contribution in [0.4, 0.5) is 10.1 Å². The van der Waals surface area contributed by atoms with Gasteiger partial charge in [0.15, 0.2) is 0 Å². The molecular weight excluding hydrogens is 289 g/mol. The van der Waals surface area contributed by atoms with Crippen molar-refractivity contribution >= 4 is 21.6 Å². The van der Waals surface area contributed by atoms with Gasteiger partial charge in [-0.1, -0.05) is 41.9 Å². The van der Waals surface area contributed by atoms with E-state index < -0.39 is 16.4 Å². The lowest BCUT2D eigenvalue weighted by Crippen LogP contribution is -2.13. The zero-order chi connectivity index (χ0) is 13.0. The predicted octanol–water partition coefficient (Wildman–Crippen LogP) is 4.09. The number of halogens is 2. The van der Waals surface area contributed by atoms with Gasteiger partial charge in [-0.05, 0) is 24.3 Å². The van der Waals surface area contributed by atoms with Crippen molar-refractivity contribution in [1.82, 2.24) is 0 Å². The maximum absolute atomic E-state index is 13.8. The first-order valence-corrected chi connectivity index (χ1v) is 6.44. The number of nitro groups is 1. The monoisotopic (exact) mass is 303 g/mol. The Hall–Kier alpha value is -0.970. The molecule has 0 saturated heterocycles. The Kier molecular flexibility index (Phi) is 5.05. The van der Waals surface area contributed by atoms with Gasteiger partial charge < -0.3 is 0 Å². The van der Waals surface area contributed by atoms with Crippen molar-refractivity contribution in [2.45, 2.75) is 31.5 Å². The van der Waals surface area contributed by atoms with E-state index in [1.807, 2.05) is 13.8 Å². The summed E-state index contributed by atoms with van der Waals surface area (Å²) < 4.78 is 13.8. The van der Waals surface area contributed by atoms with Crippen LogP contribution in [-0.4, -0.2) is 9.75 Å². The van der Waals surface area contributed by atoms with Crippen LogP contribution in [0.25, 0.3) is 0 Å². The smallest absolute Gasteiger partial charge is 0.258 e. The molecule has 0 aliphatic rings. The normalized spacial score (nSPS) is 14.4. The van der Waals surface area contributed by atoms with Gasteiger partial charge >= 0.3 is 5.69 Å². The molecule has 0 fully saturated rings. The summed E-state index contributed by atoms with van der Waals surface area (Å²) in [7, 11) is 0. The van der Waals surface area contributed by atoms with E-state index in [0.29, 0.717) is 16.8 Å². The van der Waals surface area contributed by atoms with Crippen LogP contribution < -0.4 is 0 Å². The van der Waals surface area contributed by atoms with E-state index in [1.165, 1.54) is 12.1 Å². The van der Waals surface area contributed by atoms with Crippen molar-refractivity contribution in [2.75, 3.05) is 0 Å². The molecule has 0 saturated carbocycles. The second-order valence-corrected chi connectivity index (χ2v) is 5.29. The van der Waals surface area contributed by atoms with Crippen molar-refractivity contribution in [1.29, 1.82) is 0 Å². The van der Waals surface area contributed by atoms with E-state index in [-0.39, 0.29) is 5.92 Å². The first-order valence-electron chi connectivity index (χ1n) is 5.53. The fourth-order valence-corrected chi connectivity index (χ4v) is 1.93. The molecule has 0 aliphatic heterocycles. The van der Waals surface area contributed by atoms with Crippen molar-refractivity contribution in [3.63, 3.8) is 0 Å². The summed E-state index contributed by atoms with van der Waals surface area (Å²) in [6.07, 6.45) is 1.44. The molecule has 2 atom stereocenters. The maximum atomic E-state index is 13.8. The highest BCUT2D eigenvalue weighted by Crippen LogP contribution is 2.25. The summed E-state index contributed by atoms with van der Waals surface area (Å²) in [6, 6.07) is 4.32. The molecule has 17 heavy (non-hydrogen) atoms. The molecule has 1 aromatic rings. The minimum absolute atomic E-state index is 0.233. The molecule has 0 heterocycles. The van der Waals surface area contributed by atoms with Crippen LogP contribution in [0.2, 0.25) is 0 Å². The molecule has 0 amide bonds. The molecule has 2 unspecified atom stereocenters. The number of rotatable bonds is 5. The summed E-state index contributed by atoms with van der Waals surface area (Å²) >= 11 is 3.52. The molecule has 0 aromatic heterocycles. The lowest BCUT2D eigenvalue weighted by Gasteiger charge is -2.16. The van der Waals surface area contributed by atoms with Crippen molar-refractivity contribution in [3.05, 3.63) is 39.7 Å². The number of nitrogens with zero attached hydrogens (tertiary/aromatic N) is 1. The van der Waals surface area contributed by atoms with Crippen LogP contribution in [-0.2, 0) is 6.42 Å². The molecule has 0 bridgehead atoms. The number of hydrogen-bond donors (Lipinski definition) is 0. The first kappa shape index (κ1) is 14.1. The second kappa shape index (κ2) is 6.10. The lowest BCUT2D eigenvalue weighted by atomic mass is 9.96. The third kappa shape index (κ3) is 3.49. The number of hydrogen-bond acceptors (Lipinski definition) is 2. The molecule has 0 radical (unpaired) electrons. The third-order valence-corrected chi connectivity index (χ3v) is 4.35. The van der Waals surface area contributed by atoms with Crippen molar-refractivity contribution < 1.29 is 9.31 Å². The highest BCUT2D eigenvalue weighted by atomic mass is 79.9. The minimum Gasteiger partial charge on any atom is -0.258 e. The van der Waals surface area contributed by atoms with Gasteiger partial charge in [0.1, 0.15) is 0 Å². The predicted molar refractivity (Wildman–Crippen MR) is 68.9 cm³/mol. The van der Waals surface area contributed by atoms with Gasteiger partial charge in [0.05, 0.1) is 4.92 Å². The van der Waals surface area contributed by atoms with E-state index in [0.717, 1.165) is 6.42 Å². The Bertz CT molecular complexity index is 411. The first-order chi connectivity index (χ1) is 7.97. The SMILES string of the molecule is CCC(Br)C(C)Cc1cccc([N+](=O)[O-])c1F. The summed E-state index contributed by atoms with van der Waals surface area (Å²) in [6.45, 7) is 4.04. The quantitative estimate of drug-likeness (QED) is 0.467. The van der Waals surface area contributed by atoms with Crippen LogP contribution >= 0.6 is 15.9 Å². The van der Waals surface area contributed by atoms with Gasteiger partial charge in [-0.2, -0.15) is 4.39 Å². The van der Waals surface area contributed by atoms with E-state index in [9.17, 15) is 14.5 Å².